The van der Waals surface area contributed by atoms with Gasteiger partial charge in [-0.05, 0) is 68.1 Å². The number of benzene rings is 1. The highest BCUT2D eigenvalue weighted by Gasteiger charge is 2.58. The third-order valence-electron chi connectivity index (χ3n) is 7.30. The predicted molar refractivity (Wildman–Crippen MR) is 137 cm³/mol. The molecule has 1 aromatic carbocycles. The van der Waals surface area contributed by atoms with Crippen molar-refractivity contribution in [1.82, 2.24) is 15.2 Å². The molecule has 2 saturated heterocycles. The number of likely N-dealkylation sites (tertiary alicyclic amines) is 1. The number of rotatable bonds is 5. The monoisotopic (exact) mass is 509 g/mol. The summed E-state index contributed by atoms with van der Waals surface area (Å²) in [7, 11) is 0. The van der Waals surface area contributed by atoms with Crippen LogP contribution < -0.4 is 5.32 Å². The zero-order chi connectivity index (χ0) is 24.5. The molecule has 0 spiro atoms. The number of carbonyl (C=O) groups excluding carboxylic acids is 2. The smallest absolute Gasteiger partial charge is 0.233 e. The first-order valence-electron chi connectivity index (χ1n) is 12.1. The number of thiophene rings is 1. The van der Waals surface area contributed by atoms with Gasteiger partial charge in [0.05, 0.1) is 40.3 Å². The number of aromatic nitrogens is 1. The number of ether oxygens (including phenoxy) is 1. The van der Waals surface area contributed by atoms with Crippen molar-refractivity contribution in [2.75, 3.05) is 13.1 Å². The summed E-state index contributed by atoms with van der Waals surface area (Å²) in [6.07, 6.45) is 3.38. The van der Waals surface area contributed by atoms with Crippen LogP contribution >= 0.6 is 22.9 Å². The molecule has 2 unspecified atom stereocenters. The van der Waals surface area contributed by atoms with Crippen LogP contribution in [0.3, 0.4) is 0 Å². The molecule has 6 nitrogen and oxygen atoms in total. The van der Waals surface area contributed by atoms with E-state index in [2.05, 4.69) is 31.1 Å². The number of aryl methyl sites for hydroxylation is 1. The lowest BCUT2D eigenvalue weighted by Crippen LogP contribution is -2.51. The average Bonchev–Trinajstić information content (AvgIpc) is 3.43. The highest BCUT2D eigenvalue weighted by Crippen LogP contribution is 2.48. The Labute approximate surface area is 213 Å². The van der Waals surface area contributed by atoms with Gasteiger partial charge in [0.1, 0.15) is 0 Å². The Hall–Kier alpha value is -2.32. The second-order valence-corrected chi connectivity index (χ2v) is 12.2. The van der Waals surface area contributed by atoms with E-state index in [1.165, 1.54) is 10.5 Å². The fourth-order valence-corrected chi connectivity index (χ4v) is 6.94. The quantitative estimate of drug-likeness (QED) is 0.503. The molecular weight excluding hydrogens is 482 g/mol. The van der Waals surface area contributed by atoms with Crippen molar-refractivity contribution in [3.8, 4) is 11.1 Å². The molecule has 1 N–H and O–H groups in total. The summed E-state index contributed by atoms with van der Waals surface area (Å²) in [5.41, 5.74) is 5.15. The Bertz CT molecular complexity index is 1350. The maximum absolute atomic E-state index is 12.5. The van der Waals surface area contributed by atoms with Crippen LogP contribution in [-0.2, 0) is 27.3 Å². The molecule has 0 bridgehead atoms. The summed E-state index contributed by atoms with van der Waals surface area (Å²) in [4.78, 5) is 31.9. The van der Waals surface area contributed by atoms with Crippen LogP contribution in [0.15, 0.2) is 30.5 Å². The van der Waals surface area contributed by atoms with E-state index in [0.717, 1.165) is 57.7 Å². The summed E-state index contributed by atoms with van der Waals surface area (Å²) in [5.74, 6) is -0.210. The van der Waals surface area contributed by atoms with Crippen molar-refractivity contribution < 1.29 is 14.3 Å². The predicted octanol–water partition coefficient (Wildman–Crippen LogP) is 4.74. The minimum Gasteiger partial charge on any atom is -0.369 e. The molecule has 35 heavy (non-hydrogen) atoms. The molecule has 4 heterocycles. The van der Waals surface area contributed by atoms with Crippen molar-refractivity contribution in [3.63, 3.8) is 0 Å². The van der Waals surface area contributed by atoms with E-state index in [9.17, 15) is 9.59 Å². The van der Waals surface area contributed by atoms with Gasteiger partial charge in [0.2, 0.25) is 11.8 Å². The molecule has 2 amide bonds. The molecule has 3 fully saturated rings. The van der Waals surface area contributed by atoms with Gasteiger partial charge in [-0.2, -0.15) is 0 Å². The van der Waals surface area contributed by atoms with E-state index in [1.54, 1.807) is 11.3 Å². The van der Waals surface area contributed by atoms with Crippen molar-refractivity contribution in [2.24, 2.45) is 11.8 Å². The minimum atomic E-state index is -0.207. The minimum absolute atomic E-state index is 0.0255. The molecule has 3 atom stereocenters. The van der Waals surface area contributed by atoms with E-state index in [1.807, 2.05) is 30.5 Å². The molecule has 1 aliphatic carbocycles. The van der Waals surface area contributed by atoms with E-state index in [0.29, 0.717) is 11.6 Å². The standard InChI is InChI=1S/C27H28ClN3O3S/c1-14-6-15(28)7-20(19(14)8-16-11-29-13-27(2,3)34-16)18-4-5-30-23-9-17(35-24(18)23)12-31-25(32)21-10-22(21)26(31)33/h4-7,9,16,21-22,29H,8,10-13H2,1-3H3/t16-,21?,22?/m1/s1. The van der Waals surface area contributed by atoms with Gasteiger partial charge in [0.15, 0.2) is 0 Å². The second-order valence-electron chi connectivity index (χ2n) is 10.6. The molecule has 182 valence electrons. The van der Waals surface area contributed by atoms with Crippen LogP contribution in [0.4, 0.5) is 0 Å². The van der Waals surface area contributed by atoms with Gasteiger partial charge in [-0.15, -0.1) is 11.3 Å². The number of hydrogen-bond acceptors (Lipinski definition) is 6. The highest BCUT2D eigenvalue weighted by molar-refractivity contribution is 7.19. The zero-order valence-electron chi connectivity index (χ0n) is 20.1. The number of carbonyl (C=O) groups is 2. The Morgan fingerprint density at radius 2 is 1.97 bits per heavy atom. The number of hydrogen-bond donors (Lipinski definition) is 1. The van der Waals surface area contributed by atoms with E-state index >= 15 is 0 Å². The number of nitrogens with one attached hydrogen (secondary N) is 1. The molecule has 1 saturated carbocycles. The average molecular weight is 510 g/mol. The summed E-state index contributed by atoms with van der Waals surface area (Å²) < 4.78 is 7.42. The van der Waals surface area contributed by atoms with Gasteiger partial charge in [-0.3, -0.25) is 19.5 Å². The first-order chi connectivity index (χ1) is 16.7. The van der Waals surface area contributed by atoms with Crippen LogP contribution in [0.1, 0.15) is 36.3 Å². The van der Waals surface area contributed by atoms with Crippen molar-refractivity contribution >= 4 is 45.0 Å². The normalized spacial score (nSPS) is 25.4. The SMILES string of the molecule is Cc1cc(Cl)cc(-c2ccnc3cc(CN4C(=O)C5CC5C4=O)sc23)c1C[C@@H]1CNCC(C)(C)O1. The zero-order valence-corrected chi connectivity index (χ0v) is 21.6. The van der Waals surface area contributed by atoms with Crippen molar-refractivity contribution in [2.45, 2.75) is 51.9 Å². The lowest BCUT2D eigenvalue weighted by Gasteiger charge is -2.37. The first kappa shape index (κ1) is 23.1. The molecular formula is C27H28ClN3O3S. The summed E-state index contributed by atoms with van der Waals surface area (Å²) in [6, 6.07) is 8.07. The summed E-state index contributed by atoms with van der Waals surface area (Å²) >= 11 is 8.14. The number of imide groups is 1. The number of morpholine rings is 1. The number of nitrogens with zero attached hydrogens (tertiary/aromatic N) is 2. The van der Waals surface area contributed by atoms with E-state index in [-0.39, 0.29) is 35.4 Å². The van der Waals surface area contributed by atoms with Gasteiger partial charge in [-0.25, -0.2) is 0 Å². The summed E-state index contributed by atoms with van der Waals surface area (Å²) in [5, 5.41) is 4.19. The van der Waals surface area contributed by atoms with Crippen LogP contribution in [0.5, 0.6) is 0 Å². The number of pyridine rings is 1. The number of piperidine rings is 1. The molecule has 6 rings (SSSR count). The van der Waals surface area contributed by atoms with E-state index < -0.39 is 0 Å². The van der Waals surface area contributed by atoms with Gasteiger partial charge in [0.25, 0.3) is 0 Å². The van der Waals surface area contributed by atoms with Gasteiger partial charge < -0.3 is 10.1 Å². The van der Waals surface area contributed by atoms with Crippen LogP contribution in [0.25, 0.3) is 21.3 Å². The molecule has 3 aliphatic rings. The Morgan fingerprint density at radius 1 is 1.20 bits per heavy atom. The lowest BCUT2D eigenvalue weighted by atomic mass is 9.91. The number of halogens is 1. The topological polar surface area (TPSA) is 71.5 Å². The Morgan fingerprint density at radius 3 is 2.71 bits per heavy atom. The lowest BCUT2D eigenvalue weighted by molar-refractivity contribution is -0.141. The fourth-order valence-electron chi connectivity index (χ4n) is 5.53. The third-order valence-corrected chi connectivity index (χ3v) is 8.66. The van der Waals surface area contributed by atoms with Gasteiger partial charge in [0, 0.05) is 41.2 Å². The highest BCUT2D eigenvalue weighted by atomic mass is 35.5. The van der Waals surface area contributed by atoms with Crippen LogP contribution in [0.2, 0.25) is 5.02 Å². The maximum atomic E-state index is 12.5. The molecule has 0 radical (unpaired) electrons. The summed E-state index contributed by atoms with van der Waals surface area (Å²) in [6.45, 7) is 8.28. The van der Waals surface area contributed by atoms with Crippen LogP contribution in [0, 0.1) is 18.8 Å². The first-order valence-corrected chi connectivity index (χ1v) is 13.3. The molecule has 2 aromatic heterocycles. The Kier molecular flexibility index (Phi) is 5.53. The second kappa shape index (κ2) is 8.37. The fraction of sp³-hybridized carbons (Fsp3) is 0.444. The molecule has 3 aromatic rings. The van der Waals surface area contributed by atoms with Crippen molar-refractivity contribution in [1.29, 1.82) is 0 Å². The third kappa shape index (κ3) is 4.18. The maximum Gasteiger partial charge on any atom is 0.233 e. The van der Waals surface area contributed by atoms with Crippen LogP contribution in [-0.4, -0.2) is 46.5 Å². The number of fused-ring (bicyclic) bond motifs is 2. The largest absolute Gasteiger partial charge is 0.369 e. The molecule has 8 heteroatoms. The van der Waals surface area contributed by atoms with E-state index in [4.69, 9.17) is 16.3 Å². The number of amides is 2. The van der Waals surface area contributed by atoms with Crippen molar-refractivity contribution in [3.05, 3.63) is 51.5 Å². The Balaban J connectivity index is 1.37. The van der Waals surface area contributed by atoms with Gasteiger partial charge in [-0.1, -0.05) is 11.6 Å². The molecule has 2 aliphatic heterocycles. The van der Waals surface area contributed by atoms with Gasteiger partial charge >= 0.3 is 0 Å².